The van der Waals surface area contributed by atoms with Gasteiger partial charge in [0.25, 0.3) is 0 Å². The lowest BCUT2D eigenvalue weighted by Gasteiger charge is -2.11. The van der Waals surface area contributed by atoms with Gasteiger partial charge in [-0.1, -0.05) is 53.2 Å². The molecular weight excluding hydrogens is 258 g/mol. The number of aryl methyl sites for hydroxylation is 1. The second-order valence-electron chi connectivity index (χ2n) is 4.70. The molecule has 0 saturated carbocycles. The highest BCUT2D eigenvalue weighted by molar-refractivity contribution is 6.30. The zero-order valence-electron chi connectivity index (χ0n) is 10.6. The van der Waals surface area contributed by atoms with Crippen molar-refractivity contribution in [2.75, 3.05) is 0 Å². The fourth-order valence-electron chi connectivity index (χ4n) is 2.31. The smallest absolute Gasteiger partial charge is 0.158 e. The lowest BCUT2D eigenvalue weighted by atomic mass is 9.97. The summed E-state index contributed by atoms with van der Waals surface area (Å²) in [4.78, 5) is 5.57. The van der Waals surface area contributed by atoms with Crippen LogP contribution in [0.5, 0.6) is 0 Å². The average Bonchev–Trinajstić information content (AvgIpc) is 2.89. The van der Waals surface area contributed by atoms with Crippen LogP contribution in [-0.2, 0) is 4.84 Å². The van der Waals surface area contributed by atoms with Gasteiger partial charge in [-0.2, -0.15) is 0 Å². The average molecular weight is 272 g/mol. The first-order valence-electron chi connectivity index (χ1n) is 6.28. The van der Waals surface area contributed by atoms with Crippen LogP contribution in [0.3, 0.4) is 0 Å². The van der Waals surface area contributed by atoms with Gasteiger partial charge in [0.1, 0.15) is 0 Å². The minimum Gasteiger partial charge on any atom is -0.387 e. The van der Waals surface area contributed by atoms with E-state index in [1.54, 1.807) is 0 Å². The number of benzene rings is 2. The molecule has 0 fully saturated rings. The van der Waals surface area contributed by atoms with Gasteiger partial charge >= 0.3 is 0 Å². The van der Waals surface area contributed by atoms with Crippen LogP contribution in [0, 0.1) is 6.92 Å². The summed E-state index contributed by atoms with van der Waals surface area (Å²) in [5.74, 6) is 0. The van der Waals surface area contributed by atoms with Crippen LogP contribution >= 0.6 is 11.6 Å². The summed E-state index contributed by atoms with van der Waals surface area (Å²) in [6.07, 6.45) is 0.818. The van der Waals surface area contributed by atoms with Crippen LogP contribution in [0.15, 0.2) is 53.7 Å². The van der Waals surface area contributed by atoms with Gasteiger partial charge in [0.2, 0.25) is 0 Å². The van der Waals surface area contributed by atoms with Gasteiger partial charge in [-0.15, -0.1) is 0 Å². The second kappa shape index (κ2) is 5.06. The van der Waals surface area contributed by atoms with Crippen molar-refractivity contribution < 1.29 is 4.84 Å². The van der Waals surface area contributed by atoms with Crippen molar-refractivity contribution in [1.82, 2.24) is 0 Å². The minimum atomic E-state index is 0.0203. The van der Waals surface area contributed by atoms with Gasteiger partial charge in [-0.05, 0) is 35.7 Å². The summed E-state index contributed by atoms with van der Waals surface area (Å²) in [5, 5.41) is 4.94. The predicted molar refractivity (Wildman–Crippen MR) is 77.6 cm³/mol. The molecule has 2 aromatic carbocycles. The zero-order valence-corrected chi connectivity index (χ0v) is 11.4. The van der Waals surface area contributed by atoms with E-state index in [1.807, 2.05) is 36.4 Å². The van der Waals surface area contributed by atoms with Gasteiger partial charge in [0.15, 0.2) is 6.10 Å². The van der Waals surface area contributed by atoms with Crippen LogP contribution in [0.2, 0.25) is 5.02 Å². The van der Waals surface area contributed by atoms with Gasteiger partial charge in [-0.3, -0.25) is 0 Å². The summed E-state index contributed by atoms with van der Waals surface area (Å²) in [5.41, 5.74) is 4.49. The topological polar surface area (TPSA) is 21.6 Å². The van der Waals surface area contributed by atoms with E-state index in [-0.39, 0.29) is 6.10 Å². The molecule has 3 rings (SSSR count). The first-order valence-corrected chi connectivity index (χ1v) is 6.66. The van der Waals surface area contributed by atoms with Gasteiger partial charge in [0.05, 0.1) is 5.71 Å². The lowest BCUT2D eigenvalue weighted by Crippen LogP contribution is -2.02. The van der Waals surface area contributed by atoms with Crippen LogP contribution in [0.1, 0.15) is 29.2 Å². The van der Waals surface area contributed by atoms with Gasteiger partial charge < -0.3 is 4.84 Å². The Hall–Kier alpha value is -1.80. The quantitative estimate of drug-likeness (QED) is 0.787. The highest BCUT2D eigenvalue weighted by Crippen LogP contribution is 2.31. The number of halogens is 1. The maximum Gasteiger partial charge on any atom is 0.158 e. The molecule has 2 nitrogen and oxygen atoms in total. The molecule has 2 aromatic rings. The molecule has 0 aromatic heterocycles. The standard InChI is InChI=1S/C16H14ClNO/c1-11-4-2-3-5-14(11)16-10-15(18-19-16)12-6-8-13(17)9-7-12/h2-9,16H,10H2,1H3. The molecule has 0 aliphatic carbocycles. The molecule has 96 valence electrons. The maximum atomic E-state index is 5.89. The van der Waals surface area contributed by atoms with Crippen molar-refractivity contribution >= 4 is 17.3 Å². The molecule has 1 aliphatic rings. The third kappa shape index (κ3) is 2.49. The van der Waals surface area contributed by atoms with Crippen molar-refractivity contribution in [3.05, 3.63) is 70.2 Å². The highest BCUT2D eigenvalue weighted by Gasteiger charge is 2.24. The van der Waals surface area contributed by atoms with E-state index in [2.05, 4.69) is 24.2 Å². The van der Waals surface area contributed by atoms with Crippen molar-refractivity contribution in [2.24, 2.45) is 5.16 Å². The molecule has 1 atom stereocenters. The van der Waals surface area contributed by atoms with Gasteiger partial charge in [-0.25, -0.2) is 0 Å². The summed E-state index contributed by atoms with van der Waals surface area (Å²) >= 11 is 5.89. The van der Waals surface area contributed by atoms with E-state index in [0.29, 0.717) is 0 Å². The fourth-order valence-corrected chi connectivity index (χ4v) is 2.43. The summed E-state index contributed by atoms with van der Waals surface area (Å²) in [6.45, 7) is 2.10. The Morgan fingerprint density at radius 2 is 1.84 bits per heavy atom. The van der Waals surface area contributed by atoms with Crippen molar-refractivity contribution in [3.8, 4) is 0 Å². The van der Waals surface area contributed by atoms with Crippen LogP contribution in [0.25, 0.3) is 0 Å². The zero-order chi connectivity index (χ0) is 13.2. The molecule has 0 N–H and O–H groups in total. The van der Waals surface area contributed by atoms with E-state index in [9.17, 15) is 0 Å². The molecule has 0 radical (unpaired) electrons. The third-order valence-corrected chi connectivity index (χ3v) is 3.63. The van der Waals surface area contributed by atoms with E-state index in [0.717, 1.165) is 22.7 Å². The normalized spacial score (nSPS) is 18.0. The molecule has 0 saturated heterocycles. The van der Waals surface area contributed by atoms with Gasteiger partial charge in [0, 0.05) is 11.4 Å². The molecule has 19 heavy (non-hydrogen) atoms. The van der Waals surface area contributed by atoms with E-state index < -0.39 is 0 Å². The third-order valence-electron chi connectivity index (χ3n) is 3.38. The Bertz CT molecular complexity index is 619. The van der Waals surface area contributed by atoms with Crippen molar-refractivity contribution in [3.63, 3.8) is 0 Å². The molecule has 0 spiro atoms. The van der Waals surface area contributed by atoms with Crippen LogP contribution in [0.4, 0.5) is 0 Å². The second-order valence-corrected chi connectivity index (χ2v) is 5.14. The monoisotopic (exact) mass is 271 g/mol. The molecule has 1 heterocycles. The molecule has 1 aliphatic heterocycles. The maximum absolute atomic E-state index is 5.89. The lowest BCUT2D eigenvalue weighted by molar-refractivity contribution is 0.0853. The predicted octanol–water partition coefficient (Wildman–Crippen LogP) is 4.51. The summed E-state index contributed by atoms with van der Waals surface area (Å²) in [7, 11) is 0. The molecular formula is C16H14ClNO. The number of hydrogen-bond donors (Lipinski definition) is 0. The Kier molecular flexibility index (Phi) is 3.26. The molecule has 3 heteroatoms. The highest BCUT2D eigenvalue weighted by atomic mass is 35.5. The first kappa shape index (κ1) is 12.2. The first-order chi connectivity index (χ1) is 9.24. The van der Waals surface area contributed by atoms with Crippen molar-refractivity contribution in [1.29, 1.82) is 0 Å². The molecule has 0 amide bonds. The van der Waals surface area contributed by atoms with Crippen LogP contribution < -0.4 is 0 Å². The van der Waals surface area contributed by atoms with E-state index in [1.165, 1.54) is 11.1 Å². The molecule has 0 bridgehead atoms. The van der Waals surface area contributed by atoms with Crippen molar-refractivity contribution in [2.45, 2.75) is 19.4 Å². The number of rotatable bonds is 2. The summed E-state index contributed by atoms with van der Waals surface area (Å²) in [6, 6.07) is 16.0. The Morgan fingerprint density at radius 3 is 2.58 bits per heavy atom. The Morgan fingerprint density at radius 1 is 1.11 bits per heavy atom. The van der Waals surface area contributed by atoms with E-state index in [4.69, 9.17) is 16.4 Å². The SMILES string of the molecule is Cc1ccccc1C1CC(c2ccc(Cl)cc2)=NO1. The molecule has 1 unspecified atom stereocenters. The minimum absolute atomic E-state index is 0.0203. The number of hydrogen-bond acceptors (Lipinski definition) is 2. The van der Waals surface area contributed by atoms with Crippen LogP contribution in [-0.4, -0.2) is 5.71 Å². The number of oxime groups is 1. The van der Waals surface area contributed by atoms with E-state index >= 15 is 0 Å². The number of nitrogens with zero attached hydrogens (tertiary/aromatic N) is 1. The Labute approximate surface area is 117 Å². The Balaban J connectivity index is 1.80. The summed E-state index contributed by atoms with van der Waals surface area (Å²) < 4.78 is 0. The largest absolute Gasteiger partial charge is 0.387 e. The fraction of sp³-hybridized carbons (Fsp3) is 0.188.